The average molecular weight is 332 g/mol. The van der Waals surface area contributed by atoms with Crippen molar-refractivity contribution < 1.29 is 17.9 Å². The van der Waals surface area contributed by atoms with Crippen LogP contribution < -0.4 is 4.74 Å². The summed E-state index contributed by atoms with van der Waals surface area (Å²) in [5.41, 5.74) is 2.66. The summed E-state index contributed by atoms with van der Waals surface area (Å²) in [6, 6.07) is 15.8. The zero-order valence-electron chi connectivity index (χ0n) is 12.7. The molecule has 0 aliphatic heterocycles. The lowest BCUT2D eigenvalue weighted by Gasteiger charge is -2.10. The zero-order valence-corrected chi connectivity index (χ0v) is 12.7. The van der Waals surface area contributed by atoms with Gasteiger partial charge in [-0.2, -0.15) is 0 Å². The Kier molecular flexibility index (Phi) is 4.55. The molecule has 0 aliphatic rings. The average Bonchev–Trinajstić information content (AvgIpc) is 3.01. The number of imidazole rings is 1. The number of nitrogens with zero attached hydrogens (tertiary/aromatic N) is 2. The fourth-order valence-electron chi connectivity index (χ4n) is 2.40. The molecule has 3 aromatic rings. The van der Waals surface area contributed by atoms with Crippen molar-refractivity contribution in [1.82, 2.24) is 9.55 Å². The van der Waals surface area contributed by atoms with Crippen molar-refractivity contribution in [3.8, 4) is 17.0 Å². The first-order valence-electron chi connectivity index (χ1n) is 7.41. The molecule has 124 valence electrons. The third kappa shape index (κ3) is 4.38. The maximum absolute atomic E-state index is 12.3. The first-order chi connectivity index (χ1) is 11.5. The summed E-state index contributed by atoms with van der Waals surface area (Å²) in [5.74, 6) is -0.199. The van der Waals surface area contributed by atoms with Gasteiger partial charge in [0.15, 0.2) is 0 Å². The molecular weight excluding hydrogens is 317 g/mol. The van der Waals surface area contributed by atoms with E-state index in [1.807, 2.05) is 41.1 Å². The molecule has 24 heavy (non-hydrogen) atoms. The number of hydrogen-bond donors (Lipinski definition) is 0. The molecular formula is C18H15F3N2O. The number of benzene rings is 2. The van der Waals surface area contributed by atoms with Crippen LogP contribution in [0, 0.1) is 0 Å². The molecule has 0 spiro atoms. The quantitative estimate of drug-likeness (QED) is 0.678. The molecule has 6 heteroatoms. The van der Waals surface area contributed by atoms with Gasteiger partial charge in [0.25, 0.3) is 0 Å². The minimum atomic E-state index is -4.67. The van der Waals surface area contributed by atoms with Gasteiger partial charge in [-0.3, -0.25) is 0 Å². The van der Waals surface area contributed by atoms with E-state index in [-0.39, 0.29) is 5.75 Å². The van der Waals surface area contributed by atoms with E-state index in [9.17, 15) is 13.2 Å². The number of halogens is 3. The van der Waals surface area contributed by atoms with E-state index in [2.05, 4.69) is 9.72 Å². The van der Waals surface area contributed by atoms with Crippen molar-refractivity contribution in [2.24, 2.45) is 0 Å². The van der Waals surface area contributed by atoms with Crippen molar-refractivity contribution in [1.29, 1.82) is 0 Å². The van der Waals surface area contributed by atoms with E-state index in [1.165, 1.54) is 12.1 Å². The Morgan fingerprint density at radius 2 is 1.79 bits per heavy atom. The maximum Gasteiger partial charge on any atom is 0.573 e. The predicted molar refractivity (Wildman–Crippen MR) is 84.5 cm³/mol. The third-order valence-corrected chi connectivity index (χ3v) is 3.49. The lowest BCUT2D eigenvalue weighted by molar-refractivity contribution is -0.274. The Morgan fingerprint density at radius 1 is 1.00 bits per heavy atom. The Morgan fingerprint density at radius 3 is 2.54 bits per heavy atom. The van der Waals surface area contributed by atoms with Crippen LogP contribution in [0.3, 0.4) is 0 Å². The van der Waals surface area contributed by atoms with Crippen LogP contribution in [-0.4, -0.2) is 15.9 Å². The SMILES string of the molecule is FC(F)(F)Oc1cccc(CCn2cnc(-c3ccccc3)c2)c1. The van der Waals surface area contributed by atoms with E-state index in [0.29, 0.717) is 13.0 Å². The second kappa shape index (κ2) is 6.78. The van der Waals surface area contributed by atoms with Crippen molar-refractivity contribution in [2.45, 2.75) is 19.3 Å². The number of alkyl halides is 3. The smallest absolute Gasteiger partial charge is 0.406 e. The van der Waals surface area contributed by atoms with Crippen LogP contribution in [0.4, 0.5) is 13.2 Å². The van der Waals surface area contributed by atoms with E-state index in [1.54, 1.807) is 18.5 Å². The summed E-state index contributed by atoms with van der Waals surface area (Å²) in [5, 5.41) is 0. The normalized spacial score (nSPS) is 11.5. The molecule has 0 atom stereocenters. The summed E-state index contributed by atoms with van der Waals surface area (Å²) in [4.78, 5) is 4.35. The van der Waals surface area contributed by atoms with Gasteiger partial charge in [-0.1, -0.05) is 42.5 Å². The number of ether oxygens (including phenoxy) is 1. The van der Waals surface area contributed by atoms with Crippen LogP contribution in [-0.2, 0) is 13.0 Å². The summed E-state index contributed by atoms with van der Waals surface area (Å²) in [6.07, 6.45) is -0.447. The molecule has 0 unspecified atom stereocenters. The Labute approximate surface area is 137 Å². The first kappa shape index (κ1) is 16.1. The Balaban J connectivity index is 1.64. The van der Waals surface area contributed by atoms with Crippen molar-refractivity contribution in [2.75, 3.05) is 0 Å². The van der Waals surface area contributed by atoms with E-state index in [0.717, 1.165) is 16.8 Å². The standard InChI is InChI=1S/C18H15F3N2O/c19-18(20,21)24-16-8-4-5-14(11-16)9-10-23-12-17(22-13-23)15-6-2-1-3-7-15/h1-8,11-13H,9-10H2. The fourth-order valence-corrected chi connectivity index (χ4v) is 2.40. The minimum Gasteiger partial charge on any atom is -0.406 e. The lowest BCUT2D eigenvalue weighted by atomic mass is 10.1. The lowest BCUT2D eigenvalue weighted by Crippen LogP contribution is -2.17. The molecule has 0 N–H and O–H groups in total. The van der Waals surface area contributed by atoms with Gasteiger partial charge in [0.2, 0.25) is 0 Å². The van der Waals surface area contributed by atoms with E-state index >= 15 is 0 Å². The van der Waals surface area contributed by atoms with Crippen LogP contribution in [0.1, 0.15) is 5.56 Å². The zero-order chi connectivity index (χ0) is 17.0. The maximum atomic E-state index is 12.3. The highest BCUT2D eigenvalue weighted by Gasteiger charge is 2.31. The molecule has 2 aromatic carbocycles. The van der Waals surface area contributed by atoms with Crippen molar-refractivity contribution in [3.05, 3.63) is 72.7 Å². The van der Waals surface area contributed by atoms with Crippen molar-refractivity contribution >= 4 is 0 Å². The summed E-state index contributed by atoms with van der Waals surface area (Å²) in [6.45, 7) is 0.620. The van der Waals surface area contributed by atoms with Gasteiger partial charge < -0.3 is 9.30 Å². The van der Waals surface area contributed by atoms with Crippen LogP contribution in [0.25, 0.3) is 11.3 Å². The molecule has 3 rings (SSSR count). The van der Waals surface area contributed by atoms with Crippen LogP contribution in [0.15, 0.2) is 67.1 Å². The number of aryl methyl sites for hydroxylation is 2. The largest absolute Gasteiger partial charge is 0.573 e. The van der Waals surface area contributed by atoms with E-state index in [4.69, 9.17) is 0 Å². The highest BCUT2D eigenvalue weighted by molar-refractivity contribution is 5.57. The fraction of sp³-hybridized carbons (Fsp3) is 0.167. The van der Waals surface area contributed by atoms with Gasteiger partial charge in [-0.25, -0.2) is 4.98 Å². The van der Waals surface area contributed by atoms with Gasteiger partial charge in [0.05, 0.1) is 12.0 Å². The van der Waals surface area contributed by atoms with Gasteiger partial charge in [0.1, 0.15) is 5.75 Å². The van der Waals surface area contributed by atoms with Crippen LogP contribution in [0.5, 0.6) is 5.75 Å². The summed E-state index contributed by atoms with van der Waals surface area (Å²) < 4.78 is 42.6. The second-order valence-electron chi connectivity index (χ2n) is 5.31. The van der Waals surface area contributed by atoms with E-state index < -0.39 is 6.36 Å². The molecule has 0 bridgehead atoms. The first-order valence-corrected chi connectivity index (χ1v) is 7.41. The molecule has 0 fully saturated rings. The van der Waals surface area contributed by atoms with Gasteiger partial charge in [-0.05, 0) is 24.1 Å². The molecule has 3 nitrogen and oxygen atoms in total. The van der Waals surface area contributed by atoms with Gasteiger partial charge in [0, 0.05) is 18.3 Å². The third-order valence-electron chi connectivity index (χ3n) is 3.49. The highest BCUT2D eigenvalue weighted by atomic mass is 19.4. The molecule has 1 heterocycles. The Bertz CT molecular complexity index is 797. The molecule has 0 aliphatic carbocycles. The molecule has 0 amide bonds. The summed E-state index contributed by atoms with van der Waals surface area (Å²) >= 11 is 0. The topological polar surface area (TPSA) is 27.1 Å². The molecule has 1 aromatic heterocycles. The molecule has 0 radical (unpaired) electrons. The number of hydrogen-bond acceptors (Lipinski definition) is 2. The van der Waals surface area contributed by atoms with Gasteiger partial charge >= 0.3 is 6.36 Å². The minimum absolute atomic E-state index is 0.199. The highest BCUT2D eigenvalue weighted by Crippen LogP contribution is 2.23. The van der Waals surface area contributed by atoms with Crippen LogP contribution >= 0.6 is 0 Å². The monoisotopic (exact) mass is 332 g/mol. The number of aromatic nitrogens is 2. The number of rotatable bonds is 5. The molecule has 0 saturated carbocycles. The summed E-state index contributed by atoms with van der Waals surface area (Å²) in [7, 11) is 0. The predicted octanol–water partition coefficient (Wildman–Crippen LogP) is 4.69. The van der Waals surface area contributed by atoms with Gasteiger partial charge in [-0.15, -0.1) is 13.2 Å². The van der Waals surface area contributed by atoms with Crippen molar-refractivity contribution in [3.63, 3.8) is 0 Å². The molecule has 0 saturated heterocycles. The second-order valence-corrected chi connectivity index (χ2v) is 5.31. The van der Waals surface area contributed by atoms with Crippen LogP contribution in [0.2, 0.25) is 0 Å². The Hall–Kier alpha value is -2.76.